The van der Waals surface area contributed by atoms with Crippen molar-refractivity contribution in [1.82, 2.24) is 14.8 Å². The molecule has 6 rings (SSSR count). The van der Waals surface area contributed by atoms with E-state index in [4.69, 9.17) is 32.8 Å². The van der Waals surface area contributed by atoms with E-state index in [9.17, 15) is 14.7 Å². The Bertz CT molecular complexity index is 1640. The predicted octanol–water partition coefficient (Wildman–Crippen LogP) is 5.68. The lowest BCUT2D eigenvalue weighted by Gasteiger charge is -2.31. The second kappa shape index (κ2) is 11.2. The molecular weight excluding hydrogens is 567 g/mol. The number of rotatable bonds is 5. The third kappa shape index (κ3) is 5.29. The fraction of sp³-hybridized carbons (Fsp3) is 0.233. The normalized spacial score (nSPS) is 15.1. The lowest BCUT2D eigenvalue weighted by atomic mass is 9.93. The van der Waals surface area contributed by atoms with E-state index in [1.807, 2.05) is 48.5 Å². The number of benzene rings is 3. The second-order valence-corrected chi connectivity index (χ2v) is 10.7. The fourth-order valence-corrected chi connectivity index (χ4v) is 5.93. The average Bonchev–Trinajstić information content (AvgIpc) is 3.42. The molecule has 1 saturated heterocycles. The largest absolute Gasteiger partial charge is 0.478 e. The number of halogens is 2. The van der Waals surface area contributed by atoms with Crippen LogP contribution in [0.1, 0.15) is 31.8 Å². The Hall–Kier alpha value is -3.89. The molecule has 1 amide bonds. The summed E-state index contributed by atoms with van der Waals surface area (Å²) in [5, 5.41) is 15.7. The predicted molar refractivity (Wildman–Crippen MR) is 155 cm³/mol. The van der Waals surface area contributed by atoms with Crippen LogP contribution >= 0.6 is 23.2 Å². The summed E-state index contributed by atoms with van der Waals surface area (Å²) < 4.78 is 7.13. The number of carboxylic acid groups (broad SMARTS) is 1. The maximum Gasteiger partial charge on any atom is 0.337 e. The Morgan fingerprint density at radius 2 is 1.73 bits per heavy atom. The number of carbonyl (C=O) groups is 2. The van der Waals surface area contributed by atoms with Crippen molar-refractivity contribution in [1.29, 1.82) is 0 Å². The van der Waals surface area contributed by atoms with Crippen molar-refractivity contribution >= 4 is 40.8 Å². The first kappa shape index (κ1) is 27.3. The molecule has 2 aliphatic rings. The molecule has 1 aromatic heterocycles. The number of aromatic carboxylic acids is 1. The number of carbonyl (C=O) groups excluding carboxylic acids is 1. The highest BCUT2D eigenvalue weighted by atomic mass is 35.5. The van der Waals surface area contributed by atoms with Gasteiger partial charge in [-0.3, -0.25) is 14.3 Å². The molecule has 0 spiro atoms. The molecule has 0 atom stereocenters. The van der Waals surface area contributed by atoms with E-state index in [1.165, 1.54) is 5.06 Å². The standard InChI is InChI=1S/C30H26Cl2N4O5/c1-34-15-21(14-33-34)20-11-25(31)28(26(32)12-20)29(37)36-16-19-3-2-4-22(24(19)17-41-36)18-5-6-23(30(38)39)27(13-18)35-7-9-40-10-8-35/h2-6,11-15H,7-10,16-17H2,1H3,(H,38,39). The molecule has 1 fully saturated rings. The van der Waals surface area contributed by atoms with E-state index in [-0.39, 0.29) is 34.3 Å². The van der Waals surface area contributed by atoms with Gasteiger partial charge in [-0.25, -0.2) is 9.86 Å². The molecule has 0 bridgehead atoms. The van der Waals surface area contributed by atoms with Crippen LogP contribution in [0.25, 0.3) is 22.3 Å². The van der Waals surface area contributed by atoms with Gasteiger partial charge in [-0.05, 0) is 52.1 Å². The maximum absolute atomic E-state index is 13.5. The van der Waals surface area contributed by atoms with E-state index in [2.05, 4.69) is 5.10 Å². The first-order valence-electron chi connectivity index (χ1n) is 13.0. The summed E-state index contributed by atoms with van der Waals surface area (Å²) in [6.07, 6.45) is 3.54. The number of ether oxygens (including phenoxy) is 1. The minimum absolute atomic E-state index is 0.147. The molecule has 1 N–H and O–H groups in total. The van der Waals surface area contributed by atoms with E-state index in [0.717, 1.165) is 33.4 Å². The summed E-state index contributed by atoms with van der Waals surface area (Å²) in [5.74, 6) is -1.41. The Balaban J connectivity index is 1.28. The Labute approximate surface area is 246 Å². The van der Waals surface area contributed by atoms with Crippen molar-refractivity contribution in [2.45, 2.75) is 13.2 Å². The van der Waals surface area contributed by atoms with Crippen LogP contribution in [0, 0.1) is 0 Å². The highest BCUT2D eigenvalue weighted by Gasteiger charge is 2.29. The van der Waals surface area contributed by atoms with Crippen LogP contribution in [0.3, 0.4) is 0 Å². The first-order valence-corrected chi connectivity index (χ1v) is 13.8. The number of amides is 1. The summed E-state index contributed by atoms with van der Waals surface area (Å²) in [7, 11) is 1.82. The third-order valence-electron chi connectivity index (χ3n) is 7.36. The van der Waals surface area contributed by atoms with Gasteiger partial charge in [0.2, 0.25) is 0 Å². The number of aromatic nitrogens is 2. The number of hydrogen-bond donors (Lipinski definition) is 1. The van der Waals surface area contributed by atoms with Crippen LogP contribution in [0.15, 0.2) is 60.9 Å². The number of fused-ring (bicyclic) bond motifs is 1. The van der Waals surface area contributed by atoms with Gasteiger partial charge in [0, 0.05) is 31.9 Å². The van der Waals surface area contributed by atoms with Crippen LogP contribution < -0.4 is 4.90 Å². The topological polar surface area (TPSA) is 97.1 Å². The Kier molecular flexibility index (Phi) is 7.44. The number of morpholine rings is 1. The van der Waals surface area contributed by atoms with Gasteiger partial charge in [-0.15, -0.1) is 0 Å². The molecule has 210 valence electrons. The zero-order valence-electron chi connectivity index (χ0n) is 22.1. The fourth-order valence-electron chi connectivity index (χ4n) is 5.28. The highest BCUT2D eigenvalue weighted by molar-refractivity contribution is 6.40. The van der Waals surface area contributed by atoms with Crippen LogP contribution in [0.4, 0.5) is 5.69 Å². The quantitative estimate of drug-likeness (QED) is 0.318. The molecule has 0 saturated carbocycles. The van der Waals surface area contributed by atoms with Crippen LogP contribution in [-0.2, 0) is 29.8 Å². The molecule has 9 nitrogen and oxygen atoms in total. The van der Waals surface area contributed by atoms with Crippen LogP contribution in [0.2, 0.25) is 10.0 Å². The number of anilines is 1. The smallest absolute Gasteiger partial charge is 0.337 e. The zero-order valence-corrected chi connectivity index (χ0v) is 23.7. The number of nitrogens with zero attached hydrogens (tertiary/aromatic N) is 4. The Morgan fingerprint density at radius 3 is 2.41 bits per heavy atom. The zero-order chi connectivity index (χ0) is 28.7. The van der Waals surface area contributed by atoms with Crippen molar-refractivity contribution in [3.05, 3.63) is 93.2 Å². The molecule has 41 heavy (non-hydrogen) atoms. The maximum atomic E-state index is 13.5. The molecule has 4 aromatic rings. The van der Waals surface area contributed by atoms with E-state index in [1.54, 1.807) is 29.1 Å². The van der Waals surface area contributed by atoms with Gasteiger partial charge < -0.3 is 14.7 Å². The van der Waals surface area contributed by atoms with Gasteiger partial charge >= 0.3 is 5.97 Å². The van der Waals surface area contributed by atoms with Gasteiger partial charge in [0.15, 0.2) is 0 Å². The first-order chi connectivity index (χ1) is 19.8. The molecule has 0 unspecified atom stereocenters. The minimum atomic E-state index is -0.976. The van der Waals surface area contributed by atoms with E-state index in [0.29, 0.717) is 32.0 Å². The summed E-state index contributed by atoms with van der Waals surface area (Å²) in [6.45, 7) is 2.66. The average molecular weight is 593 g/mol. The number of hydroxylamine groups is 2. The van der Waals surface area contributed by atoms with Crippen molar-refractivity contribution in [3.63, 3.8) is 0 Å². The molecule has 3 heterocycles. The molecule has 0 radical (unpaired) electrons. The van der Waals surface area contributed by atoms with Crippen molar-refractivity contribution in [2.75, 3.05) is 31.2 Å². The Morgan fingerprint density at radius 1 is 0.976 bits per heavy atom. The van der Waals surface area contributed by atoms with Gasteiger partial charge in [-0.1, -0.05) is 47.5 Å². The number of carboxylic acids is 1. The van der Waals surface area contributed by atoms with Gasteiger partial charge in [-0.2, -0.15) is 5.10 Å². The van der Waals surface area contributed by atoms with Crippen molar-refractivity contribution < 1.29 is 24.3 Å². The van der Waals surface area contributed by atoms with Gasteiger partial charge in [0.25, 0.3) is 5.91 Å². The van der Waals surface area contributed by atoms with E-state index < -0.39 is 11.9 Å². The lowest BCUT2D eigenvalue weighted by molar-refractivity contribution is -0.149. The molecule has 3 aromatic carbocycles. The summed E-state index contributed by atoms with van der Waals surface area (Å²) >= 11 is 13.1. The third-order valence-corrected chi connectivity index (χ3v) is 7.96. The molecule has 2 aliphatic heterocycles. The van der Waals surface area contributed by atoms with Gasteiger partial charge in [0.05, 0.1) is 52.8 Å². The van der Waals surface area contributed by atoms with Crippen LogP contribution in [-0.4, -0.2) is 58.1 Å². The van der Waals surface area contributed by atoms with Gasteiger partial charge in [0.1, 0.15) is 6.61 Å². The molecular formula is C30H26Cl2N4O5. The molecule has 0 aliphatic carbocycles. The van der Waals surface area contributed by atoms with E-state index >= 15 is 0 Å². The minimum Gasteiger partial charge on any atom is -0.478 e. The van der Waals surface area contributed by atoms with Crippen molar-refractivity contribution in [2.24, 2.45) is 7.05 Å². The monoisotopic (exact) mass is 592 g/mol. The molecule has 11 heteroatoms. The second-order valence-electron chi connectivity index (χ2n) is 9.91. The summed E-state index contributed by atoms with van der Waals surface area (Å²) in [5.41, 5.74) is 6.28. The summed E-state index contributed by atoms with van der Waals surface area (Å²) in [6, 6.07) is 14.6. The van der Waals surface area contributed by atoms with Crippen molar-refractivity contribution in [3.8, 4) is 22.3 Å². The lowest BCUT2D eigenvalue weighted by Crippen LogP contribution is -2.37. The SMILES string of the molecule is Cn1cc(-c2cc(Cl)c(C(=O)N3Cc4cccc(-c5ccc(C(=O)O)c(N6CCOCC6)c5)c4CO3)c(Cl)c2)cn1. The number of aryl methyl sites for hydroxylation is 1. The highest BCUT2D eigenvalue weighted by Crippen LogP contribution is 2.37. The van der Waals surface area contributed by atoms with Crippen LogP contribution in [0.5, 0.6) is 0 Å². The summed E-state index contributed by atoms with van der Waals surface area (Å²) in [4.78, 5) is 33.5. The number of hydrogen-bond acceptors (Lipinski definition) is 6.